The number of aryl methyl sites for hydroxylation is 1. The van der Waals surface area contributed by atoms with Gasteiger partial charge in [-0.05, 0) is 53.9 Å². The topological polar surface area (TPSA) is 118 Å². The number of benzene rings is 2. The van der Waals surface area contributed by atoms with Crippen LogP contribution in [0.4, 0.5) is 0 Å². The van der Waals surface area contributed by atoms with Crippen molar-refractivity contribution in [2.45, 2.75) is 13.3 Å². The molecule has 0 saturated carbocycles. The van der Waals surface area contributed by atoms with Crippen molar-refractivity contribution in [3.05, 3.63) is 105 Å². The molecular weight excluding hydrogens is 498 g/mol. The molecule has 0 radical (unpaired) electrons. The summed E-state index contributed by atoms with van der Waals surface area (Å²) in [5, 5.41) is 6.69. The smallest absolute Gasteiger partial charge is 0.353 e. The predicted octanol–water partition coefficient (Wildman–Crippen LogP) is 2.51. The number of ether oxygens (including phenoxy) is 1. The summed E-state index contributed by atoms with van der Waals surface area (Å²) in [5.41, 5.74) is 3.74. The minimum Gasteiger partial charge on any atom is -0.467 e. The van der Waals surface area contributed by atoms with Crippen LogP contribution in [0.3, 0.4) is 0 Å². The van der Waals surface area contributed by atoms with E-state index in [1.807, 2.05) is 37.3 Å². The van der Waals surface area contributed by atoms with Crippen LogP contribution in [-0.4, -0.2) is 48.5 Å². The maximum absolute atomic E-state index is 13.5. The summed E-state index contributed by atoms with van der Waals surface area (Å²) in [5.74, 6) is 0.292. The number of carbonyl (C=O) groups excluding carboxylic acids is 1. The first-order valence-electron chi connectivity index (χ1n) is 12.3. The summed E-state index contributed by atoms with van der Waals surface area (Å²) < 4.78 is 10.8. The fourth-order valence-electron chi connectivity index (χ4n) is 4.57. The van der Waals surface area contributed by atoms with E-state index in [2.05, 4.69) is 15.4 Å². The minimum atomic E-state index is -0.315. The molecule has 5 aromatic rings. The molecule has 0 saturated heterocycles. The van der Waals surface area contributed by atoms with E-state index in [-0.39, 0.29) is 23.3 Å². The number of nitrogens with one attached hydrogen (secondary N) is 1. The van der Waals surface area contributed by atoms with Crippen LogP contribution in [0.15, 0.2) is 82.8 Å². The molecule has 0 aliphatic carbocycles. The van der Waals surface area contributed by atoms with Crippen molar-refractivity contribution in [2.24, 2.45) is 7.05 Å². The van der Waals surface area contributed by atoms with Crippen LogP contribution < -0.4 is 21.4 Å². The van der Waals surface area contributed by atoms with Gasteiger partial charge in [0.05, 0.1) is 18.5 Å². The van der Waals surface area contributed by atoms with Gasteiger partial charge < -0.3 is 10.1 Å². The molecule has 0 bridgehead atoms. The van der Waals surface area contributed by atoms with E-state index in [9.17, 15) is 14.4 Å². The van der Waals surface area contributed by atoms with Crippen LogP contribution in [0, 0.1) is 0 Å². The van der Waals surface area contributed by atoms with Crippen LogP contribution in [0.2, 0.25) is 0 Å². The van der Waals surface area contributed by atoms with Gasteiger partial charge in [-0.1, -0.05) is 25.1 Å². The minimum absolute atomic E-state index is 0.195. The van der Waals surface area contributed by atoms with Crippen molar-refractivity contribution >= 4 is 5.91 Å². The molecule has 0 aliphatic heterocycles. The zero-order chi connectivity index (χ0) is 27.7. The number of amides is 1. The number of imidazole rings is 1. The molecule has 39 heavy (non-hydrogen) atoms. The standard InChI is InChI=1S/C28H27N7O4/c1-5-22-23(18-9-11-20(12-10-18)35-26(39-4)31-32(3)27(35)37)13-14-30-24(22)34-16-15-33(28(34)38)21-8-6-7-19(17-21)25(36)29-2/h6-17H,5H2,1-4H3,(H,29,36). The molecule has 1 amide bonds. The predicted molar refractivity (Wildman–Crippen MR) is 146 cm³/mol. The second-order valence-corrected chi connectivity index (χ2v) is 8.74. The van der Waals surface area contributed by atoms with Crippen molar-refractivity contribution in [2.75, 3.05) is 14.2 Å². The Morgan fingerprint density at radius 3 is 2.41 bits per heavy atom. The van der Waals surface area contributed by atoms with Crippen LogP contribution in [0.5, 0.6) is 6.01 Å². The van der Waals surface area contributed by atoms with E-state index in [0.29, 0.717) is 29.2 Å². The summed E-state index contributed by atoms with van der Waals surface area (Å²) in [6, 6.07) is 16.4. The first-order valence-corrected chi connectivity index (χ1v) is 12.3. The highest BCUT2D eigenvalue weighted by atomic mass is 16.5. The third-order valence-electron chi connectivity index (χ3n) is 6.52. The number of carbonyl (C=O) groups is 1. The Labute approximate surface area is 223 Å². The zero-order valence-corrected chi connectivity index (χ0v) is 22.0. The third-order valence-corrected chi connectivity index (χ3v) is 6.52. The molecule has 0 atom stereocenters. The van der Waals surface area contributed by atoms with Crippen molar-refractivity contribution in [3.63, 3.8) is 0 Å². The molecule has 11 nitrogen and oxygen atoms in total. The molecule has 0 spiro atoms. The third kappa shape index (κ3) is 4.43. The fraction of sp³-hybridized carbons (Fsp3) is 0.179. The maximum Gasteiger partial charge on any atom is 0.353 e. The molecule has 0 aliphatic rings. The Kier molecular flexibility index (Phi) is 6.72. The van der Waals surface area contributed by atoms with Gasteiger partial charge in [-0.3, -0.25) is 13.9 Å². The number of nitrogens with zero attached hydrogens (tertiary/aromatic N) is 6. The van der Waals surface area contributed by atoms with Gasteiger partial charge in [0.25, 0.3) is 5.91 Å². The Balaban J connectivity index is 1.55. The monoisotopic (exact) mass is 525 g/mol. The first-order chi connectivity index (χ1) is 18.9. The number of hydrogen-bond acceptors (Lipinski definition) is 6. The van der Waals surface area contributed by atoms with Crippen molar-refractivity contribution in [3.8, 4) is 34.3 Å². The zero-order valence-electron chi connectivity index (χ0n) is 22.0. The maximum atomic E-state index is 13.5. The Morgan fingerprint density at radius 2 is 1.72 bits per heavy atom. The molecule has 11 heteroatoms. The van der Waals surface area contributed by atoms with Gasteiger partial charge >= 0.3 is 17.4 Å². The van der Waals surface area contributed by atoms with Crippen molar-refractivity contribution < 1.29 is 9.53 Å². The lowest BCUT2D eigenvalue weighted by molar-refractivity contribution is 0.0963. The molecule has 5 rings (SSSR count). The fourth-order valence-corrected chi connectivity index (χ4v) is 4.57. The average Bonchev–Trinajstić information content (AvgIpc) is 3.50. The van der Waals surface area contributed by atoms with E-state index in [1.54, 1.807) is 57.0 Å². The van der Waals surface area contributed by atoms with Crippen molar-refractivity contribution in [1.29, 1.82) is 0 Å². The molecule has 3 heterocycles. The van der Waals surface area contributed by atoms with E-state index in [1.165, 1.54) is 25.5 Å². The lowest BCUT2D eigenvalue weighted by Gasteiger charge is -2.14. The largest absolute Gasteiger partial charge is 0.467 e. The normalized spacial score (nSPS) is 11.0. The molecule has 0 unspecified atom stereocenters. The van der Waals surface area contributed by atoms with Gasteiger partial charge in [0.15, 0.2) is 0 Å². The summed E-state index contributed by atoms with van der Waals surface area (Å²) >= 11 is 0. The van der Waals surface area contributed by atoms with E-state index < -0.39 is 0 Å². The lowest BCUT2D eigenvalue weighted by atomic mass is 9.99. The number of hydrogen-bond donors (Lipinski definition) is 1. The van der Waals surface area contributed by atoms with Crippen LogP contribution in [0.1, 0.15) is 22.8 Å². The van der Waals surface area contributed by atoms with E-state index in [4.69, 9.17) is 4.74 Å². The second kappa shape index (κ2) is 10.3. The molecule has 1 N–H and O–H groups in total. The van der Waals surface area contributed by atoms with Crippen LogP contribution in [0.25, 0.3) is 28.3 Å². The summed E-state index contributed by atoms with van der Waals surface area (Å²) in [7, 11) is 4.59. The van der Waals surface area contributed by atoms with Gasteiger partial charge in [0.1, 0.15) is 5.82 Å². The molecule has 2 aromatic carbocycles. The highest BCUT2D eigenvalue weighted by Crippen LogP contribution is 2.28. The molecule has 3 aromatic heterocycles. The highest BCUT2D eigenvalue weighted by molar-refractivity contribution is 5.94. The van der Waals surface area contributed by atoms with Gasteiger partial charge in [-0.2, -0.15) is 0 Å². The summed E-state index contributed by atoms with van der Waals surface area (Å²) in [6.07, 6.45) is 5.62. The van der Waals surface area contributed by atoms with E-state index in [0.717, 1.165) is 16.7 Å². The van der Waals surface area contributed by atoms with Crippen LogP contribution >= 0.6 is 0 Å². The number of rotatable bonds is 7. The second-order valence-electron chi connectivity index (χ2n) is 8.74. The SMILES string of the molecule is CCc1c(-c2ccc(-n3c(OC)nn(C)c3=O)cc2)ccnc1-n1ccn(-c2cccc(C(=O)NC)c2)c1=O. The van der Waals surface area contributed by atoms with E-state index >= 15 is 0 Å². The summed E-state index contributed by atoms with van der Waals surface area (Å²) in [4.78, 5) is 42.6. The van der Waals surface area contributed by atoms with Crippen molar-refractivity contribution in [1.82, 2.24) is 33.8 Å². The van der Waals surface area contributed by atoms with Gasteiger partial charge in [-0.15, -0.1) is 5.10 Å². The van der Waals surface area contributed by atoms with Gasteiger partial charge in [0, 0.05) is 43.8 Å². The average molecular weight is 526 g/mol. The molecule has 0 fully saturated rings. The van der Waals surface area contributed by atoms with Gasteiger partial charge in [-0.25, -0.2) is 23.8 Å². The number of aromatic nitrogens is 6. The lowest BCUT2D eigenvalue weighted by Crippen LogP contribution is -2.24. The first kappa shape index (κ1) is 25.5. The number of pyridine rings is 1. The Hall–Kier alpha value is -5.19. The number of methoxy groups -OCH3 is 1. The quantitative estimate of drug-likeness (QED) is 0.349. The Morgan fingerprint density at radius 1 is 0.974 bits per heavy atom. The molecule has 198 valence electrons. The summed E-state index contributed by atoms with van der Waals surface area (Å²) in [6.45, 7) is 2.01. The molecular formula is C28H27N7O4. The van der Waals surface area contributed by atoms with Crippen LogP contribution in [-0.2, 0) is 13.5 Å². The highest BCUT2D eigenvalue weighted by Gasteiger charge is 2.17. The Bertz CT molecular complexity index is 1790. The van der Waals surface area contributed by atoms with Gasteiger partial charge in [0.2, 0.25) is 0 Å².